The van der Waals surface area contributed by atoms with Crippen molar-refractivity contribution in [2.75, 3.05) is 26.5 Å². The van der Waals surface area contributed by atoms with Crippen LogP contribution >= 0.6 is 0 Å². The van der Waals surface area contributed by atoms with Gasteiger partial charge in [0.2, 0.25) is 0 Å². The Morgan fingerprint density at radius 1 is 1.02 bits per heavy atom. The summed E-state index contributed by atoms with van der Waals surface area (Å²) in [4.78, 5) is 15.3. The molecule has 9 heteroatoms. The molecular formula is C34H46N6O3. The van der Waals surface area contributed by atoms with Crippen molar-refractivity contribution in [2.45, 2.75) is 77.5 Å². The lowest BCUT2D eigenvalue weighted by Gasteiger charge is -2.34. The second-order valence-corrected chi connectivity index (χ2v) is 13.0. The van der Waals surface area contributed by atoms with E-state index in [2.05, 4.69) is 37.5 Å². The molecule has 1 aromatic heterocycles. The van der Waals surface area contributed by atoms with Crippen LogP contribution in [0.25, 0.3) is 0 Å². The first-order valence-electron chi connectivity index (χ1n) is 14.7. The monoisotopic (exact) mass is 586 g/mol. The number of methoxy groups -OCH3 is 1. The van der Waals surface area contributed by atoms with Gasteiger partial charge in [-0.15, -0.1) is 0 Å². The second kappa shape index (κ2) is 12.2. The SMILES string of the molecule is COc1c(C)cc(C(C)(C)C)cc1NC(=O)NC1CCC(Oc2ccc(=N)n(C(=N)C(C)(C)N(C)C)c2)c2ccccc21. The fourth-order valence-corrected chi connectivity index (χ4v) is 5.32. The lowest BCUT2D eigenvalue weighted by Crippen LogP contribution is -2.50. The molecular weight excluding hydrogens is 540 g/mol. The number of rotatable bonds is 7. The van der Waals surface area contributed by atoms with Crippen LogP contribution in [0.5, 0.6) is 11.5 Å². The van der Waals surface area contributed by atoms with Gasteiger partial charge in [-0.3, -0.25) is 20.3 Å². The molecule has 9 nitrogen and oxygen atoms in total. The van der Waals surface area contributed by atoms with Crippen molar-refractivity contribution in [3.8, 4) is 11.5 Å². The van der Waals surface area contributed by atoms with Crippen LogP contribution in [0.2, 0.25) is 0 Å². The summed E-state index contributed by atoms with van der Waals surface area (Å²) in [5.41, 5.74) is 4.30. The number of pyridine rings is 1. The Labute approximate surface area is 255 Å². The molecule has 2 aromatic carbocycles. The van der Waals surface area contributed by atoms with Gasteiger partial charge in [0, 0.05) is 0 Å². The highest BCUT2D eigenvalue weighted by Crippen LogP contribution is 2.39. The molecule has 2 amide bonds. The smallest absolute Gasteiger partial charge is 0.319 e. The molecule has 1 heterocycles. The highest BCUT2D eigenvalue weighted by Gasteiger charge is 2.31. The van der Waals surface area contributed by atoms with Gasteiger partial charge in [-0.25, -0.2) is 4.79 Å². The zero-order chi connectivity index (χ0) is 31.7. The fraction of sp³-hybridized carbons (Fsp3) is 0.441. The van der Waals surface area contributed by atoms with Crippen LogP contribution in [-0.4, -0.2) is 48.1 Å². The van der Waals surface area contributed by atoms with E-state index in [1.807, 2.05) is 70.1 Å². The number of aryl methyl sites for hydroxylation is 1. The lowest BCUT2D eigenvalue weighted by molar-refractivity contribution is 0.171. The van der Waals surface area contributed by atoms with Crippen LogP contribution < -0.4 is 25.6 Å². The molecule has 0 bridgehead atoms. The normalized spacial score (nSPS) is 16.8. The molecule has 2 unspecified atom stereocenters. The van der Waals surface area contributed by atoms with E-state index in [0.717, 1.165) is 22.3 Å². The van der Waals surface area contributed by atoms with E-state index in [-0.39, 0.29) is 34.9 Å². The van der Waals surface area contributed by atoms with Crippen LogP contribution in [0.1, 0.15) is 81.9 Å². The van der Waals surface area contributed by atoms with E-state index >= 15 is 0 Å². The van der Waals surface area contributed by atoms with Gasteiger partial charge in [0.25, 0.3) is 0 Å². The molecule has 4 rings (SSSR count). The Balaban J connectivity index is 1.54. The number of nitrogens with zero attached hydrogens (tertiary/aromatic N) is 2. The number of carbonyl (C=O) groups is 1. The van der Waals surface area contributed by atoms with Gasteiger partial charge in [-0.2, -0.15) is 0 Å². The number of hydrogen-bond acceptors (Lipinski definition) is 6. The summed E-state index contributed by atoms with van der Waals surface area (Å²) in [6.45, 7) is 12.3. The maximum absolute atomic E-state index is 13.3. The molecule has 0 aliphatic heterocycles. The third-order valence-corrected chi connectivity index (χ3v) is 8.47. The zero-order valence-corrected chi connectivity index (χ0v) is 26.9. The van der Waals surface area contributed by atoms with Crippen molar-refractivity contribution in [1.82, 2.24) is 14.8 Å². The topological polar surface area (TPSA) is 115 Å². The molecule has 43 heavy (non-hydrogen) atoms. The van der Waals surface area contributed by atoms with Crippen molar-refractivity contribution in [3.05, 3.63) is 82.5 Å². The average molecular weight is 587 g/mol. The summed E-state index contributed by atoms with van der Waals surface area (Å²) >= 11 is 0. The number of urea groups is 1. The van der Waals surface area contributed by atoms with Gasteiger partial charge in [0.05, 0.1) is 30.6 Å². The first kappa shape index (κ1) is 31.8. The zero-order valence-electron chi connectivity index (χ0n) is 26.9. The number of fused-ring (bicyclic) bond motifs is 1. The van der Waals surface area contributed by atoms with E-state index in [0.29, 0.717) is 30.0 Å². The van der Waals surface area contributed by atoms with Gasteiger partial charge in [0.1, 0.15) is 28.9 Å². The third-order valence-electron chi connectivity index (χ3n) is 8.47. The quantitative estimate of drug-likeness (QED) is 0.186. The number of likely N-dealkylation sites (N-methyl/N-ethyl adjacent to an activating group) is 1. The van der Waals surface area contributed by atoms with E-state index < -0.39 is 5.54 Å². The van der Waals surface area contributed by atoms with Crippen LogP contribution in [0.15, 0.2) is 54.7 Å². The Morgan fingerprint density at radius 2 is 1.70 bits per heavy atom. The first-order valence-corrected chi connectivity index (χ1v) is 14.7. The number of benzene rings is 2. The first-order chi connectivity index (χ1) is 20.1. The van der Waals surface area contributed by atoms with Crippen LogP contribution in [-0.2, 0) is 5.41 Å². The van der Waals surface area contributed by atoms with Crippen molar-refractivity contribution in [2.24, 2.45) is 0 Å². The summed E-state index contributed by atoms with van der Waals surface area (Å²) < 4.78 is 13.7. The largest absolute Gasteiger partial charge is 0.494 e. The third kappa shape index (κ3) is 6.77. The van der Waals surface area contributed by atoms with Crippen molar-refractivity contribution in [1.29, 1.82) is 10.8 Å². The van der Waals surface area contributed by atoms with Gasteiger partial charge in [-0.1, -0.05) is 51.1 Å². The number of anilines is 1. The Bertz CT molecular complexity index is 1570. The number of nitrogens with one attached hydrogen (secondary N) is 4. The van der Waals surface area contributed by atoms with Crippen LogP contribution in [0, 0.1) is 17.7 Å². The predicted octanol–water partition coefficient (Wildman–Crippen LogP) is 6.52. The molecule has 3 aromatic rings. The van der Waals surface area contributed by atoms with Crippen molar-refractivity contribution < 1.29 is 14.3 Å². The Hall–Kier alpha value is -4.11. The molecule has 0 fully saturated rings. The summed E-state index contributed by atoms with van der Waals surface area (Å²) in [5.74, 6) is 1.52. The van der Waals surface area contributed by atoms with E-state index in [1.165, 1.54) is 0 Å². The highest BCUT2D eigenvalue weighted by atomic mass is 16.5. The molecule has 1 aliphatic rings. The highest BCUT2D eigenvalue weighted by molar-refractivity contribution is 5.92. The summed E-state index contributed by atoms with van der Waals surface area (Å²) in [6.07, 6.45) is 2.86. The van der Waals surface area contributed by atoms with E-state index in [9.17, 15) is 4.79 Å². The summed E-state index contributed by atoms with van der Waals surface area (Å²) in [5, 5.41) is 23.4. The molecule has 0 saturated carbocycles. The van der Waals surface area contributed by atoms with E-state index in [4.69, 9.17) is 20.3 Å². The average Bonchev–Trinajstić information content (AvgIpc) is 2.94. The predicted molar refractivity (Wildman–Crippen MR) is 172 cm³/mol. The number of ether oxygens (including phenoxy) is 2. The molecule has 2 atom stereocenters. The minimum absolute atomic E-state index is 0.0790. The molecule has 0 radical (unpaired) electrons. The molecule has 0 saturated heterocycles. The van der Waals surface area contributed by atoms with Gasteiger partial charge in [-0.05, 0) is 93.6 Å². The molecule has 0 spiro atoms. The fourth-order valence-electron chi connectivity index (χ4n) is 5.32. The van der Waals surface area contributed by atoms with Gasteiger partial charge in [0.15, 0.2) is 0 Å². The lowest BCUT2D eigenvalue weighted by atomic mass is 9.85. The maximum atomic E-state index is 13.3. The van der Waals surface area contributed by atoms with Crippen molar-refractivity contribution >= 4 is 17.6 Å². The minimum Gasteiger partial charge on any atom is -0.494 e. The molecule has 1 aliphatic carbocycles. The summed E-state index contributed by atoms with van der Waals surface area (Å²) in [7, 11) is 5.46. The van der Waals surface area contributed by atoms with Crippen molar-refractivity contribution in [3.63, 3.8) is 0 Å². The maximum Gasteiger partial charge on any atom is 0.319 e. The summed E-state index contributed by atoms with van der Waals surface area (Å²) in [6, 6.07) is 15.0. The minimum atomic E-state index is -0.577. The Kier molecular flexibility index (Phi) is 9.06. The molecule has 230 valence electrons. The number of aromatic nitrogens is 1. The van der Waals surface area contributed by atoms with Crippen LogP contribution in [0.3, 0.4) is 0 Å². The second-order valence-electron chi connectivity index (χ2n) is 13.0. The number of hydrogen-bond donors (Lipinski definition) is 4. The molecule has 4 N–H and O–H groups in total. The van der Waals surface area contributed by atoms with E-state index in [1.54, 1.807) is 30.0 Å². The standard InChI is InChI=1S/C34H46N6O3/c1-21-18-22(33(2,3)4)19-27(30(21)42-9)38-32(41)37-26-15-16-28(25-13-11-10-12-24(25)26)43-23-14-17-29(35)40(20-23)31(36)34(5,6)39(7)8/h10-14,17-20,26,28,35-36H,15-16H2,1-9H3,(H2,37,38,41). The number of carbonyl (C=O) groups excluding carboxylic acids is 1. The van der Waals surface area contributed by atoms with Crippen LogP contribution in [0.4, 0.5) is 10.5 Å². The number of amides is 2. The Morgan fingerprint density at radius 3 is 2.33 bits per heavy atom. The van der Waals surface area contributed by atoms with Gasteiger partial charge >= 0.3 is 6.03 Å². The van der Waals surface area contributed by atoms with Gasteiger partial charge < -0.3 is 20.1 Å².